The highest BCUT2D eigenvalue weighted by Gasteiger charge is 2.19. The van der Waals surface area contributed by atoms with Gasteiger partial charge in [0.2, 0.25) is 0 Å². The van der Waals surface area contributed by atoms with Crippen LogP contribution in [-0.4, -0.2) is 17.2 Å². The molecule has 5 heteroatoms. The summed E-state index contributed by atoms with van der Waals surface area (Å²) in [4.78, 5) is 12.4. The van der Waals surface area contributed by atoms with Gasteiger partial charge in [-0.05, 0) is 31.2 Å². The molecule has 1 aromatic carbocycles. The molecule has 0 fully saturated rings. The maximum absolute atomic E-state index is 12.6. The van der Waals surface area contributed by atoms with Crippen molar-refractivity contribution in [3.63, 3.8) is 0 Å². The highest BCUT2D eigenvalue weighted by molar-refractivity contribution is 8.00. The number of halogens is 1. The minimum atomic E-state index is -0.969. The first-order valence-electron chi connectivity index (χ1n) is 4.90. The van der Waals surface area contributed by atoms with Gasteiger partial charge in [-0.15, -0.1) is 11.8 Å². The lowest BCUT2D eigenvalue weighted by Gasteiger charge is -2.05. The summed E-state index contributed by atoms with van der Waals surface area (Å²) in [5, 5.41) is 16.0. The average molecular weight is 250 g/mol. The molecular weight excluding hydrogens is 239 g/mol. The van der Waals surface area contributed by atoms with Crippen molar-refractivity contribution < 1.29 is 9.18 Å². The van der Waals surface area contributed by atoms with Gasteiger partial charge in [-0.1, -0.05) is 0 Å². The number of benzene rings is 1. The standard InChI is InChI=1S/C12H11FN2OS/c1-8(15)11(6-14)12(16)7-17-10-4-2-9(13)3-5-10/h2-5,11,15H,7H2,1H3. The van der Waals surface area contributed by atoms with E-state index in [9.17, 15) is 9.18 Å². The van der Waals surface area contributed by atoms with Crippen molar-refractivity contribution in [2.24, 2.45) is 5.92 Å². The number of hydrogen-bond donors (Lipinski definition) is 1. The second-order valence-electron chi connectivity index (χ2n) is 3.45. The molecule has 1 atom stereocenters. The third-order valence-corrected chi connectivity index (χ3v) is 3.11. The summed E-state index contributed by atoms with van der Waals surface area (Å²) in [6.07, 6.45) is 0. The van der Waals surface area contributed by atoms with E-state index in [0.29, 0.717) is 0 Å². The lowest BCUT2D eigenvalue weighted by atomic mass is 10.0. The highest BCUT2D eigenvalue weighted by Crippen LogP contribution is 2.19. The molecule has 0 spiro atoms. The molecule has 0 bridgehead atoms. The van der Waals surface area contributed by atoms with Gasteiger partial charge in [-0.3, -0.25) is 4.79 Å². The van der Waals surface area contributed by atoms with E-state index >= 15 is 0 Å². The number of Topliss-reactive ketones (excluding diaryl/α,β-unsaturated/α-hetero) is 1. The van der Waals surface area contributed by atoms with Crippen molar-refractivity contribution in [3.05, 3.63) is 30.1 Å². The van der Waals surface area contributed by atoms with Crippen molar-refractivity contribution in [1.29, 1.82) is 10.7 Å². The van der Waals surface area contributed by atoms with Crippen molar-refractivity contribution in [2.45, 2.75) is 11.8 Å². The topological polar surface area (TPSA) is 64.7 Å². The Morgan fingerprint density at radius 1 is 1.53 bits per heavy atom. The molecule has 0 radical (unpaired) electrons. The van der Waals surface area contributed by atoms with Crippen LogP contribution in [0.1, 0.15) is 6.92 Å². The fourth-order valence-electron chi connectivity index (χ4n) is 1.18. The minimum Gasteiger partial charge on any atom is -0.308 e. The van der Waals surface area contributed by atoms with Gasteiger partial charge in [0.25, 0.3) is 0 Å². The van der Waals surface area contributed by atoms with Crippen molar-refractivity contribution in [2.75, 3.05) is 5.75 Å². The lowest BCUT2D eigenvalue weighted by Crippen LogP contribution is -2.21. The Hall–Kier alpha value is -1.67. The smallest absolute Gasteiger partial charge is 0.165 e. The maximum Gasteiger partial charge on any atom is 0.165 e. The molecule has 1 rings (SSSR count). The minimum absolute atomic E-state index is 0.0530. The van der Waals surface area contributed by atoms with Crippen LogP contribution in [0.15, 0.2) is 29.2 Å². The molecule has 0 aliphatic rings. The van der Waals surface area contributed by atoms with Gasteiger partial charge >= 0.3 is 0 Å². The zero-order valence-electron chi connectivity index (χ0n) is 9.24. The Kier molecular flexibility index (Phi) is 4.85. The van der Waals surface area contributed by atoms with Crippen molar-refractivity contribution in [3.8, 4) is 6.07 Å². The molecule has 0 heterocycles. The van der Waals surface area contributed by atoms with Gasteiger partial charge in [0.15, 0.2) is 5.78 Å². The summed E-state index contributed by atoms with van der Waals surface area (Å²) in [5.41, 5.74) is 0.0530. The summed E-state index contributed by atoms with van der Waals surface area (Å²) in [5.74, 6) is -1.48. The monoisotopic (exact) mass is 250 g/mol. The first kappa shape index (κ1) is 13.4. The van der Waals surface area contributed by atoms with Crippen LogP contribution in [0.4, 0.5) is 4.39 Å². The van der Waals surface area contributed by atoms with Gasteiger partial charge in [-0.2, -0.15) is 5.26 Å². The molecule has 17 heavy (non-hydrogen) atoms. The van der Waals surface area contributed by atoms with E-state index < -0.39 is 5.92 Å². The SMILES string of the molecule is CC(=N)C(C#N)C(=O)CSc1ccc(F)cc1. The fourth-order valence-corrected chi connectivity index (χ4v) is 1.98. The molecule has 0 saturated heterocycles. The summed E-state index contributed by atoms with van der Waals surface area (Å²) >= 11 is 1.23. The van der Waals surface area contributed by atoms with Crippen LogP contribution in [0.2, 0.25) is 0 Å². The van der Waals surface area contributed by atoms with Gasteiger partial charge in [0.05, 0.1) is 11.8 Å². The molecule has 3 nitrogen and oxygen atoms in total. The molecule has 88 valence electrons. The quantitative estimate of drug-likeness (QED) is 0.645. The molecule has 1 N–H and O–H groups in total. The zero-order chi connectivity index (χ0) is 12.8. The Balaban J connectivity index is 2.57. The first-order valence-corrected chi connectivity index (χ1v) is 5.89. The number of thioether (sulfide) groups is 1. The third-order valence-electron chi connectivity index (χ3n) is 2.08. The molecular formula is C12H11FN2OS. The Morgan fingerprint density at radius 3 is 2.59 bits per heavy atom. The summed E-state index contributed by atoms with van der Waals surface area (Å²) in [6, 6.07) is 7.58. The van der Waals surface area contributed by atoms with E-state index in [4.69, 9.17) is 10.7 Å². The maximum atomic E-state index is 12.6. The molecule has 0 aliphatic heterocycles. The predicted molar refractivity (Wildman–Crippen MR) is 64.6 cm³/mol. The van der Waals surface area contributed by atoms with Crippen LogP contribution in [0, 0.1) is 28.5 Å². The van der Waals surface area contributed by atoms with E-state index in [0.717, 1.165) is 4.90 Å². The van der Waals surface area contributed by atoms with Crippen LogP contribution >= 0.6 is 11.8 Å². The van der Waals surface area contributed by atoms with E-state index in [-0.39, 0.29) is 23.1 Å². The highest BCUT2D eigenvalue weighted by atomic mass is 32.2. The molecule has 0 aromatic heterocycles. The Bertz CT molecular complexity index is 464. The van der Waals surface area contributed by atoms with E-state index in [2.05, 4.69) is 0 Å². The van der Waals surface area contributed by atoms with Gasteiger partial charge < -0.3 is 5.41 Å². The van der Waals surface area contributed by atoms with Crippen LogP contribution < -0.4 is 0 Å². The van der Waals surface area contributed by atoms with E-state index in [1.165, 1.54) is 30.8 Å². The number of nitrogens with zero attached hydrogens (tertiary/aromatic N) is 1. The Morgan fingerprint density at radius 2 is 2.12 bits per heavy atom. The number of ketones is 1. The fraction of sp³-hybridized carbons (Fsp3) is 0.250. The molecule has 1 unspecified atom stereocenters. The van der Waals surface area contributed by atoms with Crippen molar-refractivity contribution in [1.82, 2.24) is 0 Å². The summed E-state index contributed by atoms with van der Waals surface area (Å²) in [7, 11) is 0. The number of rotatable bonds is 5. The number of nitrogens with one attached hydrogen (secondary N) is 1. The number of carbonyl (C=O) groups excluding carboxylic acids is 1. The van der Waals surface area contributed by atoms with E-state index in [1.54, 1.807) is 18.2 Å². The van der Waals surface area contributed by atoms with Crippen LogP contribution in [0.3, 0.4) is 0 Å². The van der Waals surface area contributed by atoms with E-state index in [1.807, 2.05) is 0 Å². The number of hydrogen-bond acceptors (Lipinski definition) is 4. The normalized spacial score (nSPS) is 11.6. The van der Waals surface area contributed by atoms with Crippen LogP contribution in [-0.2, 0) is 4.79 Å². The summed E-state index contributed by atoms with van der Waals surface area (Å²) in [6.45, 7) is 1.44. The number of nitriles is 1. The van der Waals surface area contributed by atoms with Gasteiger partial charge in [0, 0.05) is 10.6 Å². The summed E-state index contributed by atoms with van der Waals surface area (Å²) < 4.78 is 12.6. The zero-order valence-corrected chi connectivity index (χ0v) is 10.1. The predicted octanol–water partition coefficient (Wildman–Crippen LogP) is 2.67. The largest absolute Gasteiger partial charge is 0.308 e. The molecule has 0 amide bonds. The third kappa shape index (κ3) is 4.00. The lowest BCUT2D eigenvalue weighted by molar-refractivity contribution is -0.117. The van der Waals surface area contributed by atoms with Crippen molar-refractivity contribution >= 4 is 23.3 Å². The van der Waals surface area contributed by atoms with Gasteiger partial charge in [0.1, 0.15) is 11.7 Å². The number of carbonyl (C=O) groups is 1. The second kappa shape index (κ2) is 6.16. The first-order chi connectivity index (χ1) is 8.04. The van der Waals surface area contributed by atoms with Gasteiger partial charge in [-0.25, -0.2) is 4.39 Å². The average Bonchev–Trinajstić information content (AvgIpc) is 2.28. The second-order valence-corrected chi connectivity index (χ2v) is 4.50. The Labute approximate surface area is 103 Å². The molecule has 0 aliphatic carbocycles. The molecule has 1 aromatic rings. The van der Waals surface area contributed by atoms with Crippen LogP contribution in [0.25, 0.3) is 0 Å². The molecule has 0 saturated carbocycles. The van der Waals surface area contributed by atoms with Crippen LogP contribution in [0.5, 0.6) is 0 Å².